The van der Waals surface area contributed by atoms with Crippen molar-refractivity contribution in [1.29, 1.82) is 0 Å². The number of carbonyl (C=O) groups excluding carboxylic acids is 2. The van der Waals surface area contributed by atoms with Crippen LogP contribution in [0, 0.1) is 19.7 Å². The zero-order valence-electron chi connectivity index (χ0n) is 22.9. The molecule has 0 fully saturated rings. The van der Waals surface area contributed by atoms with E-state index in [4.69, 9.17) is 0 Å². The molecule has 0 saturated heterocycles. The Morgan fingerprint density at radius 2 is 1.56 bits per heavy atom. The fraction of sp³-hybridized carbons (Fsp3) is 0.333. The molecule has 0 aromatic heterocycles. The van der Waals surface area contributed by atoms with E-state index in [2.05, 4.69) is 5.32 Å². The van der Waals surface area contributed by atoms with Gasteiger partial charge in [0.2, 0.25) is 21.8 Å². The topological polar surface area (TPSA) is 86.8 Å². The van der Waals surface area contributed by atoms with Gasteiger partial charge in [0.15, 0.2) is 0 Å². The maximum atomic E-state index is 14.6. The van der Waals surface area contributed by atoms with Crippen molar-refractivity contribution in [3.63, 3.8) is 0 Å². The number of hydrogen-bond donors (Lipinski definition) is 1. The largest absolute Gasteiger partial charge is 0.357 e. The van der Waals surface area contributed by atoms with Crippen molar-refractivity contribution in [3.8, 4) is 0 Å². The van der Waals surface area contributed by atoms with E-state index in [-0.39, 0.29) is 44.2 Å². The van der Waals surface area contributed by atoms with Crippen molar-refractivity contribution in [2.45, 2.75) is 45.7 Å². The van der Waals surface area contributed by atoms with Gasteiger partial charge in [-0.2, -0.15) is 0 Å². The van der Waals surface area contributed by atoms with Crippen LogP contribution in [0.4, 0.5) is 10.1 Å². The van der Waals surface area contributed by atoms with Gasteiger partial charge in [0.1, 0.15) is 11.9 Å². The first-order valence-electron chi connectivity index (χ1n) is 12.8. The molecule has 2 amide bonds. The van der Waals surface area contributed by atoms with E-state index in [1.165, 1.54) is 22.3 Å². The average molecular weight is 554 g/mol. The van der Waals surface area contributed by atoms with E-state index in [1.54, 1.807) is 30.3 Å². The lowest BCUT2D eigenvalue weighted by atomic mass is 10.0. The number of hydrogen-bond acceptors (Lipinski definition) is 4. The fourth-order valence-electron chi connectivity index (χ4n) is 4.63. The Morgan fingerprint density at radius 3 is 2.15 bits per heavy atom. The molecule has 1 atom stereocenters. The fourth-order valence-corrected chi connectivity index (χ4v) is 5.58. The lowest BCUT2D eigenvalue weighted by molar-refractivity contribution is -0.141. The highest BCUT2D eigenvalue weighted by Crippen LogP contribution is 2.23. The molecule has 39 heavy (non-hydrogen) atoms. The van der Waals surface area contributed by atoms with Crippen molar-refractivity contribution in [1.82, 2.24) is 10.2 Å². The summed E-state index contributed by atoms with van der Waals surface area (Å²) in [4.78, 5) is 28.1. The van der Waals surface area contributed by atoms with Gasteiger partial charge < -0.3 is 10.2 Å². The second kappa shape index (κ2) is 13.4. The zero-order valence-corrected chi connectivity index (χ0v) is 23.7. The zero-order chi connectivity index (χ0) is 28.6. The number of nitrogens with zero attached hydrogens (tertiary/aromatic N) is 2. The molecule has 208 valence electrons. The molecule has 7 nitrogen and oxygen atoms in total. The van der Waals surface area contributed by atoms with E-state index in [0.717, 1.165) is 22.9 Å². The van der Waals surface area contributed by atoms with E-state index < -0.39 is 21.9 Å². The quantitative estimate of drug-likeness (QED) is 0.361. The minimum Gasteiger partial charge on any atom is -0.357 e. The first-order valence-corrected chi connectivity index (χ1v) is 14.7. The van der Waals surface area contributed by atoms with Gasteiger partial charge in [0.05, 0.1) is 11.9 Å². The van der Waals surface area contributed by atoms with Crippen LogP contribution in [0.3, 0.4) is 0 Å². The predicted molar refractivity (Wildman–Crippen MR) is 152 cm³/mol. The van der Waals surface area contributed by atoms with Crippen molar-refractivity contribution < 1.29 is 22.4 Å². The van der Waals surface area contributed by atoms with Crippen LogP contribution in [0.15, 0.2) is 72.8 Å². The summed E-state index contributed by atoms with van der Waals surface area (Å²) in [6, 6.07) is 20.1. The van der Waals surface area contributed by atoms with Crippen LogP contribution in [0.5, 0.6) is 0 Å². The Kier molecular flexibility index (Phi) is 10.2. The summed E-state index contributed by atoms with van der Waals surface area (Å²) in [6.45, 7) is 3.78. The minimum absolute atomic E-state index is 0.0203. The molecule has 0 aliphatic heterocycles. The smallest absolute Gasteiger partial charge is 0.242 e. The number of halogens is 1. The number of sulfonamides is 1. The lowest BCUT2D eigenvalue weighted by Gasteiger charge is -2.31. The lowest BCUT2D eigenvalue weighted by Crippen LogP contribution is -2.50. The SMILES string of the molecule is CNC(=O)[C@H](Cc1ccccc1)N(Cc1ccccc1F)C(=O)CCCN(c1cc(C)cc(C)c1)S(C)(=O)=O. The number of benzene rings is 3. The van der Waals surface area contributed by atoms with Crippen LogP contribution in [-0.2, 0) is 32.6 Å². The summed E-state index contributed by atoms with van der Waals surface area (Å²) in [5.74, 6) is -1.20. The van der Waals surface area contributed by atoms with Crippen molar-refractivity contribution >= 4 is 27.5 Å². The number of likely N-dealkylation sites (N-methyl/N-ethyl adjacent to an activating group) is 1. The summed E-state index contributed by atoms with van der Waals surface area (Å²) in [7, 11) is -2.10. The number of aryl methyl sites for hydroxylation is 2. The summed E-state index contributed by atoms with van der Waals surface area (Å²) in [6.07, 6.45) is 1.59. The third-order valence-electron chi connectivity index (χ3n) is 6.46. The Labute approximate surface area is 230 Å². The first kappa shape index (κ1) is 29.8. The third kappa shape index (κ3) is 8.38. The van der Waals surface area contributed by atoms with Gasteiger partial charge in [0, 0.05) is 38.5 Å². The molecule has 0 aliphatic rings. The van der Waals surface area contributed by atoms with Gasteiger partial charge in [0.25, 0.3) is 0 Å². The Morgan fingerprint density at radius 1 is 0.949 bits per heavy atom. The van der Waals surface area contributed by atoms with Gasteiger partial charge in [-0.3, -0.25) is 13.9 Å². The molecular weight excluding hydrogens is 517 g/mol. The molecule has 3 aromatic carbocycles. The van der Waals surface area contributed by atoms with Crippen LogP contribution in [0.1, 0.15) is 35.1 Å². The molecule has 0 aliphatic carbocycles. The maximum Gasteiger partial charge on any atom is 0.242 e. The number of anilines is 1. The number of carbonyl (C=O) groups is 2. The van der Waals surface area contributed by atoms with E-state index in [9.17, 15) is 22.4 Å². The molecule has 0 radical (unpaired) electrons. The van der Waals surface area contributed by atoms with Crippen LogP contribution >= 0.6 is 0 Å². The summed E-state index contributed by atoms with van der Waals surface area (Å²) >= 11 is 0. The molecule has 0 saturated carbocycles. The van der Waals surface area contributed by atoms with E-state index >= 15 is 0 Å². The van der Waals surface area contributed by atoms with Crippen LogP contribution in [-0.4, -0.2) is 51.0 Å². The summed E-state index contributed by atoms with van der Waals surface area (Å²) in [5, 5.41) is 2.63. The van der Waals surface area contributed by atoms with Crippen LogP contribution < -0.4 is 9.62 Å². The third-order valence-corrected chi connectivity index (χ3v) is 7.66. The maximum absolute atomic E-state index is 14.6. The van der Waals surface area contributed by atoms with E-state index in [0.29, 0.717) is 11.3 Å². The molecule has 0 unspecified atom stereocenters. The molecule has 0 spiro atoms. The highest BCUT2D eigenvalue weighted by molar-refractivity contribution is 7.92. The van der Waals surface area contributed by atoms with Crippen LogP contribution in [0.25, 0.3) is 0 Å². The number of rotatable bonds is 12. The second-order valence-corrected chi connectivity index (χ2v) is 11.6. The molecule has 0 bridgehead atoms. The highest BCUT2D eigenvalue weighted by Gasteiger charge is 2.30. The number of amides is 2. The van der Waals surface area contributed by atoms with Crippen molar-refractivity contribution in [2.24, 2.45) is 0 Å². The first-order chi connectivity index (χ1) is 18.5. The average Bonchev–Trinajstić information content (AvgIpc) is 2.88. The van der Waals surface area contributed by atoms with E-state index in [1.807, 2.05) is 50.2 Å². The van der Waals surface area contributed by atoms with Crippen molar-refractivity contribution in [3.05, 3.63) is 101 Å². The molecule has 3 aromatic rings. The summed E-state index contributed by atoms with van der Waals surface area (Å²) in [5.41, 5.74) is 3.55. The van der Waals surface area contributed by atoms with Crippen LogP contribution in [0.2, 0.25) is 0 Å². The van der Waals surface area contributed by atoms with Gasteiger partial charge in [-0.15, -0.1) is 0 Å². The molecular formula is C30H36FN3O4S. The Hall–Kier alpha value is -3.72. The number of nitrogens with one attached hydrogen (secondary N) is 1. The van der Waals surface area contributed by atoms with Gasteiger partial charge in [-0.25, -0.2) is 12.8 Å². The molecule has 3 rings (SSSR count). The van der Waals surface area contributed by atoms with Gasteiger partial charge in [-0.05, 0) is 55.2 Å². The highest BCUT2D eigenvalue weighted by atomic mass is 32.2. The molecule has 1 N–H and O–H groups in total. The normalized spacial score (nSPS) is 12.0. The van der Waals surface area contributed by atoms with Crippen molar-refractivity contribution in [2.75, 3.05) is 24.2 Å². The monoisotopic (exact) mass is 553 g/mol. The van der Waals surface area contributed by atoms with Gasteiger partial charge in [-0.1, -0.05) is 54.6 Å². The standard InChI is InChI=1S/C30H36FN3O4S/c1-22-17-23(2)19-26(18-22)34(39(4,37)38)16-10-15-29(35)33(21-25-13-8-9-14-27(25)31)28(30(36)32-3)20-24-11-6-5-7-12-24/h5-9,11-14,17-19,28H,10,15-16,20-21H2,1-4H3,(H,32,36)/t28-/m0/s1. The Bertz CT molecular complexity index is 1380. The van der Waals surface area contributed by atoms with Gasteiger partial charge >= 0.3 is 0 Å². The predicted octanol–water partition coefficient (Wildman–Crippen LogP) is 4.37. The summed E-state index contributed by atoms with van der Waals surface area (Å²) < 4.78 is 41.1. The molecule has 0 heterocycles. The Balaban J connectivity index is 1.87. The second-order valence-electron chi connectivity index (χ2n) is 9.72. The minimum atomic E-state index is -3.60. The molecule has 9 heteroatoms.